The van der Waals surface area contributed by atoms with Gasteiger partial charge in [-0.25, -0.2) is 20.5 Å². The average molecular weight is 275 g/mol. The van der Waals surface area contributed by atoms with Crippen molar-refractivity contribution in [3.05, 3.63) is 29.8 Å². The molecule has 2 aromatic rings. The molecule has 20 heavy (non-hydrogen) atoms. The smallest absolute Gasteiger partial charge is 0.251 e. The normalized spacial score (nSPS) is 11.4. The maximum Gasteiger partial charge on any atom is 0.251 e. The molecule has 5 N–H and O–H groups in total. The predicted octanol–water partition coefficient (Wildman–Crippen LogP) is 0.344. The summed E-state index contributed by atoms with van der Waals surface area (Å²) in [6, 6.07) is 1.63. The molecule has 0 aliphatic carbocycles. The lowest BCUT2D eigenvalue weighted by Crippen LogP contribution is -2.20. The molecule has 0 saturated heterocycles. The molecule has 0 bridgehead atoms. The molecule has 0 atom stereocenters. The zero-order valence-electron chi connectivity index (χ0n) is 11.6. The van der Waals surface area contributed by atoms with Gasteiger partial charge in [-0.3, -0.25) is 4.79 Å². The third-order valence-corrected chi connectivity index (χ3v) is 2.63. The highest BCUT2D eigenvalue weighted by Crippen LogP contribution is 2.21. The first-order valence-electron chi connectivity index (χ1n) is 6.02. The van der Waals surface area contributed by atoms with Crippen LogP contribution in [0.15, 0.2) is 18.5 Å². The van der Waals surface area contributed by atoms with Gasteiger partial charge in [0.1, 0.15) is 11.6 Å². The third kappa shape index (κ3) is 2.75. The van der Waals surface area contributed by atoms with Crippen LogP contribution in [0.5, 0.6) is 0 Å². The van der Waals surface area contributed by atoms with Crippen molar-refractivity contribution in [3.8, 4) is 5.82 Å². The van der Waals surface area contributed by atoms with Gasteiger partial charge in [-0.2, -0.15) is 5.10 Å². The summed E-state index contributed by atoms with van der Waals surface area (Å²) in [6.45, 7) is 5.97. The highest BCUT2D eigenvalue weighted by Gasteiger charge is 2.20. The zero-order chi connectivity index (χ0) is 14.9. The van der Waals surface area contributed by atoms with E-state index >= 15 is 0 Å². The SMILES string of the molecule is CC(C)(C)c1nc(NN)cc(-n2cc(C(N)=O)cn2)n1. The van der Waals surface area contributed by atoms with Crippen molar-refractivity contribution in [2.75, 3.05) is 5.43 Å². The van der Waals surface area contributed by atoms with E-state index in [0.717, 1.165) is 0 Å². The number of nitrogens with one attached hydrogen (secondary N) is 1. The molecule has 0 aliphatic rings. The molecule has 1 amide bonds. The summed E-state index contributed by atoms with van der Waals surface area (Å²) < 4.78 is 1.46. The lowest BCUT2D eigenvalue weighted by molar-refractivity contribution is 0.100. The number of carbonyl (C=O) groups is 1. The Kier molecular flexibility index (Phi) is 3.41. The molecule has 2 rings (SSSR count). The van der Waals surface area contributed by atoms with Gasteiger partial charge in [-0.05, 0) is 0 Å². The molecule has 0 radical (unpaired) electrons. The number of hydrogen-bond donors (Lipinski definition) is 3. The second-order valence-corrected chi connectivity index (χ2v) is 5.37. The molecular formula is C12H17N7O. The number of nitrogens with zero attached hydrogens (tertiary/aromatic N) is 4. The van der Waals surface area contributed by atoms with Gasteiger partial charge in [-0.1, -0.05) is 20.8 Å². The molecule has 0 aromatic carbocycles. The molecule has 0 saturated carbocycles. The maximum absolute atomic E-state index is 11.1. The molecule has 106 valence electrons. The summed E-state index contributed by atoms with van der Waals surface area (Å²) in [4.78, 5) is 19.8. The van der Waals surface area contributed by atoms with Crippen LogP contribution in [0.1, 0.15) is 37.0 Å². The van der Waals surface area contributed by atoms with E-state index in [-0.39, 0.29) is 5.41 Å². The van der Waals surface area contributed by atoms with Crippen LogP contribution in [0.2, 0.25) is 0 Å². The van der Waals surface area contributed by atoms with Crippen molar-refractivity contribution < 1.29 is 4.79 Å². The molecule has 2 heterocycles. The predicted molar refractivity (Wildman–Crippen MR) is 74.2 cm³/mol. The van der Waals surface area contributed by atoms with Crippen molar-refractivity contribution in [1.82, 2.24) is 19.7 Å². The van der Waals surface area contributed by atoms with E-state index in [1.807, 2.05) is 20.8 Å². The van der Waals surface area contributed by atoms with E-state index < -0.39 is 5.91 Å². The summed E-state index contributed by atoms with van der Waals surface area (Å²) in [7, 11) is 0. The Morgan fingerprint density at radius 2 is 2.05 bits per heavy atom. The minimum atomic E-state index is -0.543. The zero-order valence-corrected chi connectivity index (χ0v) is 11.6. The number of hydrazine groups is 1. The highest BCUT2D eigenvalue weighted by molar-refractivity contribution is 5.92. The number of carbonyl (C=O) groups excluding carboxylic acids is 1. The van der Waals surface area contributed by atoms with E-state index in [1.165, 1.54) is 17.1 Å². The lowest BCUT2D eigenvalue weighted by atomic mass is 9.96. The number of anilines is 1. The quantitative estimate of drug-likeness (QED) is 0.548. The van der Waals surface area contributed by atoms with Gasteiger partial charge in [-0.15, -0.1) is 0 Å². The summed E-state index contributed by atoms with van der Waals surface area (Å²) in [5.41, 5.74) is 7.76. The van der Waals surface area contributed by atoms with Crippen LogP contribution < -0.4 is 17.0 Å². The number of nitrogens with two attached hydrogens (primary N) is 2. The molecule has 8 heteroatoms. The maximum atomic E-state index is 11.1. The summed E-state index contributed by atoms with van der Waals surface area (Å²) in [6.07, 6.45) is 2.90. The van der Waals surface area contributed by atoms with E-state index in [1.54, 1.807) is 6.07 Å². The van der Waals surface area contributed by atoms with Gasteiger partial charge in [0.2, 0.25) is 0 Å². The minimum absolute atomic E-state index is 0.249. The van der Waals surface area contributed by atoms with Gasteiger partial charge in [0, 0.05) is 17.7 Å². The monoisotopic (exact) mass is 275 g/mol. The van der Waals surface area contributed by atoms with Crippen LogP contribution in [0.25, 0.3) is 5.82 Å². The van der Waals surface area contributed by atoms with E-state index in [0.29, 0.717) is 23.0 Å². The molecule has 0 unspecified atom stereocenters. The Morgan fingerprint density at radius 3 is 2.55 bits per heavy atom. The van der Waals surface area contributed by atoms with Crippen molar-refractivity contribution in [2.45, 2.75) is 26.2 Å². The first-order valence-corrected chi connectivity index (χ1v) is 6.02. The standard InChI is InChI=1S/C12H17N7O/c1-12(2,3)11-16-8(18-14)4-9(17-11)19-6-7(5-15-19)10(13)20/h4-6H,14H2,1-3H3,(H2,13,20)(H,16,17,18). The third-order valence-electron chi connectivity index (χ3n) is 2.63. The van der Waals surface area contributed by atoms with Crippen LogP contribution in [0.3, 0.4) is 0 Å². The highest BCUT2D eigenvalue weighted by atomic mass is 16.1. The fraction of sp³-hybridized carbons (Fsp3) is 0.333. The Labute approximate surface area is 116 Å². The van der Waals surface area contributed by atoms with E-state index in [2.05, 4.69) is 20.5 Å². The van der Waals surface area contributed by atoms with E-state index in [4.69, 9.17) is 11.6 Å². The molecular weight excluding hydrogens is 258 g/mol. The number of amides is 1. The fourth-order valence-electron chi connectivity index (χ4n) is 1.54. The van der Waals surface area contributed by atoms with Crippen molar-refractivity contribution in [3.63, 3.8) is 0 Å². The van der Waals surface area contributed by atoms with Crippen LogP contribution in [-0.2, 0) is 5.41 Å². The fourth-order valence-corrected chi connectivity index (χ4v) is 1.54. The van der Waals surface area contributed by atoms with E-state index in [9.17, 15) is 4.79 Å². The number of aromatic nitrogens is 4. The van der Waals surface area contributed by atoms with Crippen molar-refractivity contribution >= 4 is 11.7 Å². The number of nitrogen functional groups attached to an aromatic ring is 1. The summed E-state index contributed by atoms with van der Waals surface area (Å²) in [5.74, 6) is 6.46. The molecule has 8 nitrogen and oxygen atoms in total. The summed E-state index contributed by atoms with van der Waals surface area (Å²) in [5, 5.41) is 4.06. The van der Waals surface area contributed by atoms with Crippen LogP contribution in [0, 0.1) is 0 Å². The topological polar surface area (TPSA) is 125 Å². The Hall–Kier alpha value is -2.48. The Morgan fingerprint density at radius 1 is 1.35 bits per heavy atom. The minimum Gasteiger partial charge on any atom is -0.366 e. The van der Waals surface area contributed by atoms with Crippen LogP contribution in [0.4, 0.5) is 5.82 Å². The Bertz CT molecular complexity index is 641. The van der Waals surface area contributed by atoms with Crippen molar-refractivity contribution in [2.24, 2.45) is 11.6 Å². The number of primary amides is 1. The van der Waals surface area contributed by atoms with Crippen molar-refractivity contribution in [1.29, 1.82) is 0 Å². The summed E-state index contributed by atoms with van der Waals surface area (Å²) >= 11 is 0. The number of hydrogen-bond acceptors (Lipinski definition) is 6. The first kappa shape index (κ1) is 13.9. The molecule has 0 aliphatic heterocycles. The van der Waals surface area contributed by atoms with Gasteiger partial charge in [0.15, 0.2) is 5.82 Å². The second-order valence-electron chi connectivity index (χ2n) is 5.37. The largest absolute Gasteiger partial charge is 0.366 e. The van der Waals surface area contributed by atoms with Crippen LogP contribution in [-0.4, -0.2) is 25.7 Å². The van der Waals surface area contributed by atoms with Gasteiger partial charge in [0.25, 0.3) is 5.91 Å². The second kappa shape index (κ2) is 4.89. The van der Waals surface area contributed by atoms with Crippen LogP contribution >= 0.6 is 0 Å². The Balaban J connectivity index is 2.52. The average Bonchev–Trinajstić information content (AvgIpc) is 2.87. The molecule has 0 spiro atoms. The first-order chi connectivity index (χ1) is 9.31. The number of rotatable bonds is 3. The molecule has 0 fully saturated rings. The van der Waals surface area contributed by atoms with Gasteiger partial charge < -0.3 is 11.2 Å². The molecule has 2 aromatic heterocycles. The van der Waals surface area contributed by atoms with Gasteiger partial charge >= 0.3 is 0 Å². The van der Waals surface area contributed by atoms with Gasteiger partial charge in [0.05, 0.1) is 11.8 Å². The lowest BCUT2D eigenvalue weighted by Gasteiger charge is -2.18.